The number of likely N-dealkylation sites (N-methyl/N-ethyl adjacent to an activating group) is 1. The molecule has 0 fully saturated rings. The highest BCUT2D eigenvalue weighted by atomic mass is 32.1. The van der Waals surface area contributed by atoms with Crippen LogP contribution in [0.3, 0.4) is 0 Å². The summed E-state index contributed by atoms with van der Waals surface area (Å²) in [4.78, 5) is 32.3. The average Bonchev–Trinajstić information content (AvgIpc) is 3.38. The molecule has 2 heterocycles. The van der Waals surface area contributed by atoms with Crippen molar-refractivity contribution in [2.75, 3.05) is 32.7 Å². The van der Waals surface area contributed by atoms with Gasteiger partial charge >= 0.3 is 0 Å². The minimum absolute atomic E-state index is 0.0311. The lowest BCUT2D eigenvalue weighted by Crippen LogP contribution is -2.48. The van der Waals surface area contributed by atoms with Crippen molar-refractivity contribution in [2.45, 2.75) is 25.8 Å². The van der Waals surface area contributed by atoms with Crippen LogP contribution in [-0.4, -0.2) is 44.5 Å². The zero-order valence-electron chi connectivity index (χ0n) is 20.1. The summed E-state index contributed by atoms with van der Waals surface area (Å²) in [7, 11) is 4.92. The smallest absolute Gasteiger partial charge is 0.254 e. The Balaban J connectivity index is 1.85. The predicted octanol–water partition coefficient (Wildman–Crippen LogP) is 5.37. The summed E-state index contributed by atoms with van der Waals surface area (Å²) in [6, 6.07) is 16.5. The number of carbonyl (C=O) groups is 2. The van der Waals surface area contributed by atoms with Crippen molar-refractivity contribution < 1.29 is 19.1 Å². The monoisotopic (exact) mass is 478 g/mol. The summed E-state index contributed by atoms with van der Waals surface area (Å²) < 4.78 is 10.9. The molecule has 2 aromatic carbocycles. The van der Waals surface area contributed by atoms with E-state index < -0.39 is 5.92 Å². The van der Waals surface area contributed by atoms with Crippen LogP contribution in [0.4, 0.5) is 5.69 Å². The van der Waals surface area contributed by atoms with Gasteiger partial charge in [0, 0.05) is 30.1 Å². The number of carbonyl (C=O) groups excluding carboxylic acids is 2. The molecule has 0 radical (unpaired) electrons. The third-order valence-corrected chi connectivity index (χ3v) is 7.12. The predicted molar refractivity (Wildman–Crippen MR) is 135 cm³/mol. The highest BCUT2D eigenvalue weighted by Crippen LogP contribution is 2.46. The van der Waals surface area contributed by atoms with Crippen molar-refractivity contribution in [3.8, 4) is 11.5 Å². The van der Waals surface area contributed by atoms with Gasteiger partial charge in [-0.2, -0.15) is 0 Å². The van der Waals surface area contributed by atoms with E-state index in [1.54, 1.807) is 43.6 Å². The van der Waals surface area contributed by atoms with Gasteiger partial charge in [0.25, 0.3) is 5.91 Å². The number of fused-ring (bicyclic) bond motifs is 1. The van der Waals surface area contributed by atoms with E-state index in [4.69, 9.17) is 9.47 Å². The molecule has 0 saturated heterocycles. The highest BCUT2D eigenvalue weighted by Gasteiger charge is 2.45. The van der Waals surface area contributed by atoms with E-state index in [0.29, 0.717) is 29.3 Å². The molecule has 0 N–H and O–H groups in total. The summed E-state index contributed by atoms with van der Waals surface area (Å²) >= 11 is 1.57. The molecular weight excluding hydrogens is 448 g/mol. The maximum Gasteiger partial charge on any atom is 0.254 e. The molecule has 1 aliphatic rings. The van der Waals surface area contributed by atoms with Gasteiger partial charge in [0.05, 0.1) is 31.9 Å². The number of amides is 2. The zero-order valence-corrected chi connectivity index (χ0v) is 21.0. The molecule has 6 nitrogen and oxygen atoms in total. The molecule has 3 aromatic rings. The van der Waals surface area contributed by atoms with Gasteiger partial charge in [-0.15, -0.1) is 11.3 Å². The van der Waals surface area contributed by atoms with E-state index in [1.807, 2.05) is 58.8 Å². The van der Waals surface area contributed by atoms with Gasteiger partial charge in [-0.3, -0.25) is 9.59 Å². The summed E-state index contributed by atoms with van der Waals surface area (Å²) in [5.74, 6) is 0.763. The van der Waals surface area contributed by atoms with Crippen LogP contribution in [0.2, 0.25) is 0 Å². The van der Waals surface area contributed by atoms with E-state index in [-0.39, 0.29) is 23.8 Å². The van der Waals surface area contributed by atoms with E-state index in [0.717, 1.165) is 10.4 Å². The van der Waals surface area contributed by atoms with Crippen molar-refractivity contribution in [1.82, 2.24) is 4.90 Å². The fourth-order valence-electron chi connectivity index (χ4n) is 4.62. The van der Waals surface area contributed by atoms with E-state index in [1.165, 1.54) is 0 Å². The SMILES string of the molecule is COc1ccc(N(C)C(=O)[C@H]2c3ccccc3C(=O)N(CC(C)C)[C@@H]2c2cccs2)c(OC)c1. The Hall–Kier alpha value is -3.32. The largest absolute Gasteiger partial charge is 0.497 e. The number of methoxy groups -OCH3 is 2. The first-order valence-electron chi connectivity index (χ1n) is 11.3. The van der Waals surface area contributed by atoms with E-state index >= 15 is 0 Å². The molecule has 0 aliphatic carbocycles. The van der Waals surface area contributed by atoms with Crippen LogP contribution in [0.15, 0.2) is 60.0 Å². The first kappa shape index (κ1) is 23.8. The van der Waals surface area contributed by atoms with Gasteiger partial charge < -0.3 is 19.3 Å². The second-order valence-corrected chi connectivity index (χ2v) is 9.79. The van der Waals surface area contributed by atoms with Gasteiger partial charge in [0.1, 0.15) is 11.5 Å². The fourth-order valence-corrected chi connectivity index (χ4v) is 5.49. The van der Waals surface area contributed by atoms with E-state index in [2.05, 4.69) is 13.8 Å². The topological polar surface area (TPSA) is 59.1 Å². The Bertz CT molecular complexity index is 1180. The zero-order chi connectivity index (χ0) is 24.4. The number of rotatable bonds is 7. The maximum atomic E-state index is 14.2. The quantitative estimate of drug-likeness (QED) is 0.458. The summed E-state index contributed by atoms with van der Waals surface area (Å²) in [6.07, 6.45) is 0. The minimum atomic E-state index is -0.553. The lowest BCUT2D eigenvalue weighted by Gasteiger charge is -2.43. The Morgan fingerprint density at radius 1 is 1.09 bits per heavy atom. The molecule has 7 heteroatoms. The van der Waals surface area contributed by atoms with Crippen LogP contribution < -0.4 is 14.4 Å². The first-order valence-corrected chi connectivity index (χ1v) is 12.2. The molecule has 1 aromatic heterocycles. The molecular formula is C27H30N2O4S. The molecule has 2 amide bonds. The van der Waals surface area contributed by atoms with Crippen LogP contribution in [0.1, 0.15) is 46.6 Å². The van der Waals surface area contributed by atoms with Crippen molar-refractivity contribution in [3.05, 3.63) is 76.0 Å². The summed E-state index contributed by atoms with van der Waals surface area (Å²) in [5, 5.41) is 1.99. The molecule has 0 saturated carbocycles. The van der Waals surface area contributed by atoms with Crippen LogP contribution in [0.25, 0.3) is 0 Å². The van der Waals surface area contributed by atoms with Gasteiger partial charge in [0.15, 0.2) is 0 Å². The molecule has 4 rings (SSSR count). The fraction of sp³-hybridized carbons (Fsp3) is 0.333. The third kappa shape index (κ3) is 4.28. The minimum Gasteiger partial charge on any atom is -0.497 e. The lowest BCUT2D eigenvalue weighted by atomic mass is 9.80. The number of ether oxygens (including phenoxy) is 2. The van der Waals surface area contributed by atoms with Gasteiger partial charge in [0.2, 0.25) is 5.91 Å². The average molecular weight is 479 g/mol. The summed E-state index contributed by atoms with van der Waals surface area (Å²) in [5.41, 5.74) is 1.99. The van der Waals surface area contributed by atoms with Gasteiger partial charge in [-0.1, -0.05) is 38.1 Å². The van der Waals surface area contributed by atoms with E-state index in [9.17, 15) is 9.59 Å². The summed E-state index contributed by atoms with van der Waals surface area (Å²) in [6.45, 7) is 4.74. The Morgan fingerprint density at radius 3 is 2.50 bits per heavy atom. The van der Waals surface area contributed by atoms with Crippen molar-refractivity contribution in [3.63, 3.8) is 0 Å². The number of thiophene rings is 1. The number of benzene rings is 2. The second kappa shape index (κ2) is 9.89. The lowest BCUT2D eigenvalue weighted by molar-refractivity contribution is -0.121. The molecule has 178 valence electrons. The van der Waals surface area contributed by atoms with Crippen LogP contribution in [0.5, 0.6) is 11.5 Å². The van der Waals surface area contributed by atoms with Crippen LogP contribution in [0, 0.1) is 5.92 Å². The van der Waals surface area contributed by atoms with Crippen molar-refractivity contribution in [2.24, 2.45) is 5.92 Å². The maximum absolute atomic E-state index is 14.2. The van der Waals surface area contributed by atoms with Crippen molar-refractivity contribution >= 4 is 28.8 Å². The first-order chi connectivity index (χ1) is 16.4. The Kier molecular flexibility index (Phi) is 6.93. The number of hydrogen-bond acceptors (Lipinski definition) is 5. The molecule has 0 bridgehead atoms. The van der Waals surface area contributed by atoms with Gasteiger partial charge in [-0.05, 0) is 41.1 Å². The normalized spacial score (nSPS) is 17.5. The molecule has 0 unspecified atom stereocenters. The van der Waals surface area contributed by atoms with Crippen LogP contribution >= 0.6 is 11.3 Å². The Labute approximate surface area is 204 Å². The highest BCUT2D eigenvalue weighted by molar-refractivity contribution is 7.10. The molecule has 1 aliphatic heterocycles. The molecule has 0 spiro atoms. The van der Waals surface area contributed by atoms with Crippen molar-refractivity contribution in [1.29, 1.82) is 0 Å². The number of anilines is 1. The third-order valence-electron chi connectivity index (χ3n) is 6.18. The Morgan fingerprint density at radius 2 is 1.85 bits per heavy atom. The number of nitrogens with zero attached hydrogens (tertiary/aromatic N) is 2. The van der Waals surface area contributed by atoms with Crippen LogP contribution in [-0.2, 0) is 4.79 Å². The molecule has 34 heavy (non-hydrogen) atoms. The standard InChI is InChI=1S/C27H30N2O4S/c1-17(2)16-29-25(23-11-8-14-34-23)24(19-9-6-7-10-20(19)26(29)30)27(31)28(3)21-13-12-18(32-4)15-22(21)33-5/h6-15,17,24-25H,16H2,1-5H3/t24-,25+/m0/s1. The van der Waals surface area contributed by atoms with Gasteiger partial charge in [-0.25, -0.2) is 0 Å². The second-order valence-electron chi connectivity index (χ2n) is 8.81. The number of hydrogen-bond donors (Lipinski definition) is 0. The molecule has 2 atom stereocenters.